The standard InChI is InChI=1S/C12H11N5O/c1-8-7-16(2)12-14-10(15-17(12)11(8)18)9-3-5-13-6-4-9/h3-7H,1-2H3. The fourth-order valence-corrected chi connectivity index (χ4v) is 1.86. The van der Waals surface area contributed by atoms with Crippen LogP contribution < -0.4 is 5.56 Å². The average Bonchev–Trinajstić information content (AvgIpc) is 2.83. The van der Waals surface area contributed by atoms with Crippen LogP contribution in [0, 0.1) is 6.92 Å². The molecule has 0 radical (unpaired) electrons. The zero-order valence-electron chi connectivity index (χ0n) is 10.0. The summed E-state index contributed by atoms with van der Waals surface area (Å²) >= 11 is 0. The number of pyridine rings is 1. The lowest BCUT2D eigenvalue weighted by atomic mass is 10.3. The van der Waals surface area contributed by atoms with Crippen LogP contribution in [0.2, 0.25) is 0 Å². The van der Waals surface area contributed by atoms with Gasteiger partial charge >= 0.3 is 0 Å². The third kappa shape index (κ3) is 1.50. The molecular weight excluding hydrogens is 230 g/mol. The molecule has 0 aromatic carbocycles. The lowest BCUT2D eigenvalue weighted by Crippen LogP contribution is -2.20. The van der Waals surface area contributed by atoms with Crippen molar-refractivity contribution in [2.75, 3.05) is 0 Å². The van der Waals surface area contributed by atoms with E-state index in [2.05, 4.69) is 15.1 Å². The Bertz CT molecular complexity index is 772. The van der Waals surface area contributed by atoms with Gasteiger partial charge in [-0.2, -0.15) is 9.50 Å². The first-order chi connectivity index (χ1) is 8.66. The summed E-state index contributed by atoms with van der Waals surface area (Å²) in [6.07, 6.45) is 5.09. The molecule has 0 aliphatic rings. The average molecular weight is 241 g/mol. The highest BCUT2D eigenvalue weighted by Crippen LogP contribution is 2.13. The van der Waals surface area contributed by atoms with E-state index >= 15 is 0 Å². The Labute approximate surface area is 103 Å². The molecule has 0 atom stereocenters. The Morgan fingerprint density at radius 1 is 1.22 bits per heavy atom. The molecule has 6 heteroatoms. The highest BCUT2D eigenvalue weighted by Gasteiger charge is 2.11. The first kappa shape index (κ1) is 10.6. The molecule has 0 aliphatic carbocycles. The smallest absolute Gasteiger partial charge is 0.278 e. The van der Waals surface area contributed by atoms with Crippen molar-refractivity contribution in [2.24, 2.45) is 7.05 Å². The summed E-state index contributed by atoms with van der Waals surface area (Å²) < 4.78 is 3.11. The van der Waals surface area contributed by atoms with Gasteiger partial charge in [0.2, 0.25) is 5.78 Å². The second kappa shape index (κ2) is 3.76. The van der Waals surface area contributed by atoms with Gasteiger partial charge in [-0.15, -0.1) is 5.10 Å². The van der Waals surface area contributed by atoms with Gasteiger partial charge in [0.05, 0.1) is 0 Å². The van der Waals surface area contributed by atoms with Crippen LogP contribution in [-0.2, 0) is 7.05 Å². The van der Waals surface area contributed by atoms with Gasteiger partial charge in [0, 0.05) is 36.8 Å². The van der Waals surface area contributed by atoms with Crippen LogP contribution in [0.15, 0.2) is 35.5 Å². The van der Waals surface area contributed by atoms with Crippen LogP contribution in [-0.4, -0.2) is 24.1 Å². The van der Waals surface area contributed by atoms with Gasteiger partial charge in [-0.25, -0.2) is 0 Å². The SMILES string of the molecule is Cc1cn(C)c2nc(-c3ccncc3)nn2c1=O. The quantitative estimate of drug-likeness (QED) is 0.632. The molecule has 0 unspecified atom stereocenters. The lowest BCUT2D eigenvalue weighted by Gasteiger charge is -2.00. The van der Waals surface area contributed by atoms with Crippen LogP contribution in [0.5, 0.6) is 0 Å². The van der Waals surface area contributed by atoms with E-state index in [4.69, 9.17) is 0 Å². The Kier molecular flexibility index (Phi) is 2.22. The molecule has 0 bridgehead atoms. The van der Waals surface area contributed by atoms with Crippen LogP contribution >= 0.6 is 0 Å². The molecule has 6 nitrogen and oxygen atoms in total. The number of hydrogen-bond acceptors (Lipinski definition) is 4. The van der Waals surface area contributed by atoms with Crippen molar-refractivity contribution in [3.05, 3.63) is 46.6 Å². The minimum absolute atomic E-state index is 0.143. The molecule has 0 amide bonds. The van der Waals surface area contributed by atoms with Gasteiger partial charge in [-0.3, -0.25) is 9.78 Å². The topological polar surface area (TPSA) is 65.1 Å². The van der Waals surface area contributed by atoms with E-state index in [-0.39, 0.29) is 5.56 Å². The van der Waals surface area contributed by atoms with Crippen molar-refractivity contribution in [1.82, 2.24) is 24.1 Å². The van der Waals surface area contributed by atoms with E-state index in [9.17, 15) is 4.79 Å². The molecule has 90 valence electrons. The van der Waals surface area contributed by atoms with Crippen molar-refractivity contribution >= 4 is 5.78 Å². The molecule has 3 rings (SSSR count). The third-order valence-electron chi connectivity index (χ3n) is 2.76. The van der Waals surface area contributed by atoms with Crippen molar-refractivity contribution in [2.45, 2.75) is 6.92 Å². The minimum atomic E-state index is -0.143. The molecule has 3 aromatic rings. The van der Waals surface area contributed by atoms with Gasteiger partial charge in [0.1, 0.15) is 0 Å². The van der Waals surface area contributed by atoms with Gasteiger partial charge in [-0.05, 0) is 19.1 Å². The van der Waals surface area contributed by atoms with E-state index in [1.807, 2.05) is 19.2 Å². The second-order valence-electron chi connectivity index (χ2n) is 4.11. The maximum absolute atomic E-state index is 12.0. The summed E-state index contributed by atoms with van der Waals surface area (Å²) in [5.41, 5.74) is 1.33. The van der Waals surface area contributed by atoms with E-state index in [0.29, 0.717) is 17.2 Å². The Balaban J connectivity index is 2.33. The van der Waals surface area contributed by atoms with Gasteiger partial charge in [0.25, 0.3) is 5.56 Å². The summed E-state index contributed by atoms with van der Waals surface area (Å²) in [5.74, 6) is 1.05. The largest absolute Gasteiger partial charge is 0.320 e. The fraction of sp³-hybridized carbons (Fsp3) is 0.167. The van der Waals surface area contributed by atoms with Crippen molar-refractivity contribution in [3.8, 4) is 11.4 Å². The number of nitrogens with zero attached hydrogens (tertiary/aromatic N) is 5. The molecule has 3 heterocycles. The second-order valence-corrected chi connectivity index (χ2v) is 4.11. The zero-order valence-corrected chi connectivity index (χ0v) is 10.0. The molecule has 0 spiro atoms. The lowest BCUT2D eigenvalue weighted by molar-refractivity contribution is 0.806. The van der Waals surface area contributed by atoms with Gasteiger partial charge in [0.15, 0.2) is 5.82 Å². The van der Waals surface area contributed by atoms with Crippen LogP contribution in [0.3, 0.4) is 0 Å². The molecule has 0 saturated heterocycles. The van der Waals surface area contributed by atoms with Crippen molar-refractivity contribution in [3.63, 3.8) is 0 Å². The van der Waals surface area contributed by atoms with Crippen LogP contribution in [0.1, 0.15) is 5.56 Å². The Hall–Kier alpha value is -2.50. The van der Waals surface area contributed by atoms with Crippen molar-refractivity contribution < 1.29 is 0 Å². The summed E-state index contributed by atoms with van der Waals surface area (Å²) in [7, 11) is 1.84. The van der Waals surface area contributed by atoms with E-state index in [0.717, 1.165) is 5.56 Å². The Morgan fingerprint density at radius 3 is 2.67 bits per heavy atom. The predicted octanol–water partition coefficient (Wildman–Crippen LogP) is 0.798. The van der Waals surface area contributed by atoms with Gasteiger partial charge < -0.3 is 4.57 Å². The maximum atomic E-state index is 12.0. The van der Waals surface area contributed by atoms with Crippen LogP contribution in [0.25, 0.3) is 17.2 Å². The summed E-state index contributed by atoms with van der Waals surface area (Å²) in [5, 5.41) is 4.25. The molecule has 0 fully saturated rings. The number of aryl methyl sites for hydroxylation is 2. The summed E-state index contributed by atoms with van der Waals surface area (Å²) in [6, 6.07) is 3.62. The van der Waals surface area contributed by atoms with Gasteiger partial charge in [-0.1, -0.05) is 0 Å². The highest BCUT2D eigenvalue weighted by atomic mass is 16.1. The first-order valence-electron chi connectivity index (χ1n) is 5.50. The predicted molar refractivity (Wildman–Crippen MR) is 66.2 cm³/mol. The van der Waals surface area contributed by atoms with E-state index < -0.39 is 0 Å². The summed E-state index contributed by atoms with van der Waals surface area (Å²) in [6.45, 7) is 1.76. The number of fused-ring (bicyclic) bond motifs is 1. The molecule has 0 saturated carbocycles. The molecule has 0 N–H and O–H groups in total. The van der Waals surface area contributed by atoms with Crippen LogP contribution in [0.4, 0.5) is 0 Å². The minimum Gasteiger partial charge on any atom is -0.320 e. The number of rotatable bonds is 1. The molecule has 3 aromatic heterocycles. The fourth-order valence-electron chi connectivity index (χ4n) is 1.86. The first-order valence-corrected chi connectivity index (χ1v) is 5.50. The maximum Gasteiger partial charge on any atom is 0.278 e. The number of aromatic nitrogens is 5. The third-order valence-corrected chi connectivity index (χ3v) is 2.76. The molecule has 0 aliphatic heterocycles. The van der Waals surface area contributed by atoms with E-state index in [1.165, 1.54) is 4.52 Å². The number of hydrogen-bond donors (Lipinski definition) is 0. The zero-order chi connectivity index (χ0) is 12.7. The highest BCUT2D eigenvalue weighted by molar-refractivity contribution is 5.55. The Morgan fingerprint density at radius 2 is 1.94 bits per heavy atom. The monoisotopic (exact) mass is 241 g/mol. The van der Waals surface area contributed by atoms with Crippen molar-refractivity contribution in [1.29, 1.82) is 0 Å². The molecular formula is C12H11N5O. The molecule has 18 heavy (non-hydrogen) atoms. The normalized spacial score (nSPS) is 11.0. The summed E-state index contributed by atoms with van der Waals surface area (Å²) in [4.78, 5) is 20.3. The van der Waals surface area contributed by atoms with E-state index in [1.54, 1.807) is 30.1 Å².